The Morgan fingerprint density at radius 3 is 2.87 bits per heavy atom. The number of hydrogen-bond donors (Lipinski definition) is 2. The van der Waals surface area contributed by atoms with Gasteiger partial charge < -0.3 is 15.3 Å². The molecule has 8 nitrogen and oxygen atoms in total. The number of nitrogens with zero attached hydrogens (tertiary/aromatic N) is 4. The highest BCUT2D eigenvalue weighted by Gasteiger charge is 2.37. The van der Waals surface area contributed by atoms with Crippen molar-refractivity contribution < 1.29 is 19.1 Å². The Bertz CT molecular complexity index is 1010. The molecule has 30 heavy (non-hydrogen) atoms. The van der Waals surface area contributed by atoms with Gasteiger partial charge in [0.1, 0.15) is 5.82 Å². The van der Waals surface area contributed by atoms with Gasteiger partial charge in [-0.05, 0) is 32.2 Å². The first-order chi connectivity index (χ1) is 14.2. The third kappa shape index (κ3) is 3.80. The fourth-order valence-corrected chi connectivity index (χ4v) is 4.18. The lowest BCUT2D eigenvalue weighted by molar-refractivity contribution is 0.0793. The van der Waals surface area contributed by atoms with Crippen molar-refractivity contribution in [3.05, 3.63) is 46.0 Å². The Hall–Kier alpha value is -2.49. The molecule has 2 N–H and O–H groups in total. The molecule has 1 aromatic carbocycles. The topological polar surface area (TPSA) is 90.7 Å². The summed E-state index contributed by atoms with van der Waals surface area (Å²) in [4.78, 5) is 29.1. The molecule has 2 atom stereocenters. The van der Waals surface area contributed by atoms with Gasteiger partial charge in [-0.1, -0.05) is 11.6 Å². The van der Waals surface area contributed by atoms with Crippen molar-refractivity contribution in [1.29, 1.82) is 0 Å². The van der Waals surface area contributed by atoms with E-state index in [4.69, 9.17) is 11.6 Å². The minimum Gasteiger partial charge on any atom is -0.393 e. The van der Waals surface area contributed by atoms with E-state index >= 15 is 0 Å². The number of urea groups is 1. The zero-order chi connectivity index (χ0) is 21.6. The van der Waals surface area contributed by atoms with Gasteiger partial charge in [-0.25, -0.2) is 9.18 Å². The summed E-state index contributed by atoms with van der Waals surface area (Å²) < 4.78 is 15.1. The van der Waals surface area contributed by atoms with Crippen LogP contribution < -0.4 is 5.32 Å². The lowest BCUT2D eigenvalue weighted by Crippen LogP contribution is -2.44. The molecular weight excluding hydrogens is 413 g/mol. The second kappa shape index (κ2) is 7.98. The first-order valence-electron chi connectivity index (χ1n) is 9.77. The molecule has 2 aliphatic heterocycles. The zero-order valence-corrected chi connectivity index (χ0v) is 17.5. The van der Waals surface area contributed by atoms with E-state index in [0.29, 0.717) is 43.0 Å². The Balaban J connectivity index is 1.59. The molecule has 2 aromatic rings. The average Bonchev–Trinajstić information content (AvgIpc) is 2.93. The number of halogens is 2. The predicted octanol–water partition coefficient (Wildman–Crippen LogP) is 2.35. The lowest BCUT2D eigenvalue weighted by atomic mass is 10.0. The third-order valence-corrected chi connectivity index (χ3v) is 5.92. The second-order valence-corrected chi connectivity index (χ2v) is 8.32. The maximum Gasteiger partial charge on any atom is 0.328 e. The molecule has 1 aromatic heterocycles. The first kappa shape index (κ1) is 20.8. The van der Waals surface area contributed by atoms with Crippen LogP contribution in [0.15, 0.2) is 18.2 Å². The standard InChI is InChI=1S/C20H23ClFN5O3/c1-11(28)12-8-25(2)10-17-18-16(24-27(17)9-12)5-6-26(19(18)29)20(30)23-13-3-4-15(22)14(21)7-13/h3-4,7,11-12,28H,5-6,8-10H2,1-2H3,(H,23,30). The summed E-state index contributed by atoms with van der Waals surface area (Å²) in [5.41, 5.74) is 2.18. The first-order valence-corrected chi connectivity index (χ1v) is 10.2. The van der Waals surface area contributed by atoms with Crippen molar-refractivity contribution in [2.75, 3.05) is 25.5 Å². The Kier molecular flexibility index (Phi) is 5.52. The zero-order valence-electron chi connectivity index (χ0n) is 16.7. The molecule has 3 amide bonds. The summed E-state index contributed by atoms with van der Waals surface area (Å²) in [5, 5.41) is 17.2. The van der Waals surface area contributed by atoms with Gasteiger partial charge in [0.15, 0.2) is 0 Å². The number of carbonyl (C=O) groups is 2. The number of rotatable bonds is 2. The number of amides is 3. The normalized spacial score (nSPS) is 20.4. The Morgan fingerprint density at radius 1 is 1.40 bits per heavy atom. The van der Waals surface area contributed by atoms with E-state index in [9.17, 15) is 19.1 Å². The van der Waals surface area contributed by atoms with Gasteiger partial charge in [0.25, 0.3) is 5.91 Å². The summed E-state index contributed by atoms with van der Waals surface area (Å²) >= 11 is 5.77. The number of aromatic nitrogens is 2. The van der Waals surface area contributed by atoms with E-state index in [1.165, 1.54) is 12.1 Å². The van der Waals surface area contributed by atoms with Gasteiger partial charge in [0, 0.05) is 44.2 Å². The van der Waals surface area contributed by atoms with Crippen LogP contribution in [0.2, 0.25) is 5.02 Å². The van der Waals surface area contributed by atoms with Crippen LogP contribution in [0.1, 0.15) is 28.7 Å². The molecule has 3 heterocycles. The largest absolute Gasteiger partial charge is 0.393 e. The molecule has 2 unspecified atom stereocenters. The number of carbonyl (C=O) groups excluding carboxylic acids is 2. The fraction of sp³-hybridized carbons (Fsp3) is 0.450. The highest BCUT2D eigenvalue weighted by atomic mass is 35.5. The quantitative estimate of drug-likeness (QED) is 0.755. The van der Waals surface area contributed by atoms with Gasteiger partial charge in [0.2, 0.25) is 0 Å². The van der Waals surface area contributed by atoms with Crippen molar-refractivity contribution in [1.82, 2.24) is 19.6 Å². The SMILES string of the molecule is CC(O)C1CN(C)Cc2c3c(nn2C1)CCN(C(=O)Nc1ccc(F)c(Cl)c1)C3=O. The van der Waals surface area contributed by atoms with Gasteiger partial charge in [-0.15, -0.1) is 0 Å². The molecule has 4 rings (SSSR count). The van der Waals surface area contributed by atoms with Gasteiger partial charge >= 0.3 is 6.03 Å². The van der Waals surface area contributed by atoms with Crippen LogP contribution in [-0.4, -0.2) is 62.9 Å². The smallest absolute Gasteiger partial charge is 0.328 e. The van der Waals surface area contributed by atoms with Crippen LogP contribution in [-0.2, 0) is 19.5 Å². The van der Waals surface area contributed by atoms with E-state index in [-0.39, 0.29) is 17.5 Å². The van der Waals surface area contributed by atoms with Crippen LogP contribution >= 0.6 is 11.6 Å². The second-order valence-electron chi connectivity index (χ2n) is 7.91. The summed E-state index contributed by atoms with van der Waals surface area (Å²) in [6.07, 6.45) is -0.0537. The van der Waals surface area contributed by atoms with E-state index in [1.807, 2.05) is 11.9 Å². The highest BCUT2D eigenvalue weighted by molar-refractivity contribution is 6.31. The molecule has 10 heteroatoms. The maximum atomic E-state index is 13.3. The van der Waals surface area contributed by atoms with Crippen molar-refractivity contribution in [2.24, 2.45) is 5.92 Å². The Morgan fingerprint density at radius 2 is 2.17 bits per heavy atom. The molecular formula is C20H23ClFN5O3. The maximum absolute atomic E-state index is 13.3. The molecule has 160 valence electrons. The summed E-state index contributed by atoms with van der Waals surface area (Å²) in [5.74, 6) is -1.00. The number of anilines is 1. The number of fused-ring (bicyclic) bond motifs is 3. The van der Waals surface area contributed by atoms with E-state index in [1.54, 1.807) is 11.6 Å². The predicted molar refractivity (Wildman–Crippen MR) is 109 cm³/mol. The van der Waals surface area contributed by atoms with E-state index in [2.05, 4.69) is 10.4 Å². The van der Waals surface area contributed by atoms with Crippen molar-refractivity contribution in [2.45, 2.75) is 32.5 Å². The fourth-order valence-electron chi connectivity index (χ4n) is 4.00. The van der Waals surface area contributed by atoms with Crippen LogP contribution in [0.4, 0.5) is 14.9 Å². The molecule has 0 radical (unpaired) electrons. The number of imide groups is 1. The van der Waals surface area contributed by atoms with Crippen LogP contribution in [0.3, 0.4) is 0 Å². The monoisotopic (exact) mass is 435 g/mol. The van der Waals surface area contributed by atoms with Crippen LogP contribution in [0.25, 0.3) is 0 Å². The Labute approximate surface area is 178 Å². The summed E-state index contributed by atoms with van der Waals surface area (Å²) in [6, 6.07) is 3.24. The molecule has 0 spiro atoms. The van der Waals surface area contributed by atoms with Crippen molar-refractivity contribution in [3.63, 3.8) is 0 Å². The molecule has 0 saturated carbocycles. The molecule has 2 aliphatic rings. The minimum atomic E-state index is -0.600. The average molecular weight is 436 g/mol. The molecule has 0 aliphatic carbocycles. The summed E-state index contributed by atoms with van der Waals surface area (Å²) in [6.45, 7) is 3.64. The van der Waals surface area contributed by atoms with Crippen LogP contribution in [0, 0.1) is 11.7 Å². The van der Waals surface area contributed by atoms with E-state index < -0.39 is 23.9 Å². The lowest BCUT2D eigenvalue weighted by Gasteiger charge is -2.26. The van der Waals surface area contributed by atoms with Gasteiger partial charge in [0.05, 0.1) is 28.1 Å². The molecule has 0 saturated heterocycles. The molecule has 0 fully saturated rings. The van der Waals surface area contributed by atoms with Crippen LogP contribution in [0.5, 0.6) is 0 Å². The third-order valence-electron chi connectivity index (χ3n) is 5.63. The number of nitrogens with one attached hydrogen (secondary N) is 1. The van der Waals surface area contributed by atoms with E-state index in [0.717, 1.165) is 16.7 Å². The molecule has 0 bridgehead atoms. The van der Waals surface area contributed by atoms with Gasteiger partial charge in [-0.3, -0.25) is 14.4 Å². The minimum absolute atomic E-state index is 0.00432. The van der Waals surface area contributed by atoms with Crippen molar-refractivity contribution >= 4 is 29.2 Å². The number of aliphatic hydroxyl groups excluding tert-OH is 1. The highest BCUT2D eigenvalue weighted by Crippen LogP contribution is 2.28. The number of aliphatic hydroxyl groups is 1. The number of hydrogen-bond acceptors (Lipinski definition) is 5. The summed E-state index contributed by atoms with van der Waals surface area (Å²) in [7, 11) is 1.93. The van der Waals surface area contributed by atoms with Gasteiger partial charge in [-0.2, -0.15) is 5.10 Å². The van der Waals surface area contributed by atoms with Crippen molar-refractivity contribution in [3.8, 4) is 0 Å². The number of benzene rings is 1.